The van der Waals surface area contributed by atoms with E-state index in [1.54, 1.807) is 17.4 Å². The molecule has 0 aliphatic carbocycles. The molecule has 0 amide bonds. The lowest BCUT2D eigenvalue weighted by Gasteiger charge is -2.11. The number of hydrogen-bond donors (Lipinski definition) is 1. The first kappa shape index (κ1) is 13.5. The highest BCUT2D eigenvalue weighted by Crippen LogP contribution is 2.22. The molecule has 3 rings (SSSR count). The van der Waals surface area contributed by atoms with Gasteiger partial charge in [0.1, 0.15) is 5.82 Å². The highest BCUT2D eigenvalue weighted by atomic mass is 32.1. The topological polar surface area (TPSA) is 61.6 Å². The normalized spacial score (nSPS) is 12.0. The maximum Gasteiger partial charge on any atom is 0.128 e. The van der Waals surface area contributed by atoms with Gasteiger partial charge in [-0.25, -0.2) is 9.97 Å². The Balaban J connectivity index is 1.83. The Bertz CT molecular complexity index is 790. The Kier molecular flexibility index (Phi) is 3.80. The molecule has 0 saturated heterocycles. The number of thiazole rings is 1. The molecule has 0 bridgehead atoms. The van der Waals surface area contributed by atoms with Crippen LogP contribution in [0.15, 0.2) is 41.9 Å². The third-order valence-electron chi connectivity index (χ3n) is 3.30. The van der Waals surface area contributed by atoms with E-state index in [1.807, 2.05) is 35.8 Å². The van der Waals surface area contributed by atoms with Gasteiger partial charge in [-0.15, -0.1) is 11.3 Å². The van der Waals surface area contributed by atoms with Crippen molar-refractivity contribution in [1.82, 2.24) is 9.97 Å². The molecule has 4 nitrogen and oxygen atoms in total. The molecule has 1 unspecified atom stereocenters. The molecule has 0 fully saturated rings. The summed E-state index contributed by atoms with van der Waals surface area (Å²) in [6, 6.07) is 11.7. The minimum absolute atomic E-state index is 0.309. The monoisotopic (exact) mass is 294 g/mol. The predicted molar refractivity (Wildman–Crippen MR) is 85.5 cm³/mol. The number of para-hydroxylation sites is 1. The summed E-state index contributed by atoms with van der Waals surface area (Å²) in [5, 5.41) is 16.5. The number of nitrogens with zero attached hydrogens (tertiary/aromatic N) is 3. The fourth-order valence-corrected chi connectivity index (χ4v) is 2.88. The van der Waals surface area contributed by atoms with Gasteiger partial charge in [-0.2, -0.15) is 5.26 Å². The van der Waals surface area contributed by atoms with Gasteiger partial charge in [0.25, 0.3) is 0 Å². The second-order valence-corrected chi connectivity index (χ2v) is 5.76. The van der Waals surface area contributed by atoms with Gasteiger partial charge in [0.2, 0.25) is 0 Å². The average Bonchev–Trinajstić information content (AvgIpc) is 3.06. The Hall–Kier alpha value is -2.45. The van der Waals surface area contributed by atoms with Crippen LogP contribution in [0.4, 0.5) is 5.82 Å². The summed E-state index contributed by atoms with van der Waals surface area (Å²) in [5.41, 5.74) is 1.48. The van der Waals surface area contributed by atoms with Crippen LogP contribution in [-0.4, -0.2) is 16.5 Å². The van der Waals surface area contributed by atoms with E-state index in [0.29, 0.717) is 11.5 Å². The van der Waals surface area contributed by atoms with E-state index in [-0.39, 0.29) is 0 Å². The van der Waals surface area contributed by atoms with Crippen molar-refractivity contribution in [2.24, 2.45) is 0 Å². The van der Waals surface area contributed by atoms with Crippen molar-refractivity contribution in [2.75, 3.05) is 11.9 Å². The van der Waals surface area contributed by atoms with E-state index in [4.69, 9.17) is 0 Å². The second kappa shape index (κ2) is 5.90. The summed E-state index contributed by atoms with van der Waals surface area (Å²) in [6.45, 7) is 2.86. The second-order valence-electron chi connectivity index (χ2n) is 4.84. The van der Waals surface area contributed by atoms with Crippen molar-refractivity contribution < 1.29 is 0 Å². The molecule has 0 radical (unpaired) electrons. The lowest BCUT2D eigenvalue weighted by atomic mass is 10.1. The van der Waals surface area contributed by atoms with E-state index >= 15 is 0 Å². The predicted octanol–water partition coefficient (Wildman–Crippen LogP) is 3.78. The lowest BCUT2D eigenvalue weighted by Crippen LogP contribution is -2.10. The summed E-state index contributed by atoms with van der Waals surface area (Å²) < 4.78 is 0. The van der Waals surface area contributed by atoms with E-state index in [0.717, 1.165) is 28.3 Å². The minimum atomic E-state index is 0.309. The molecule has 2 heterocycles. The smallest absolute Gasteiger partial charge is 0.128 e. The van der Waals surface area contributed by atoms with E-state index in [1.165, 1.54) is 0 Å². The molecule has 21 heavy (non-hydrogen) atoms. The third-order valence-corrected chi connectivity index (χ3v) is 4.31. The van der Waals surface area contributed by atoms with Crippen LogP contribution in [0.3, 0.4) is 0 Å². The van der Waals surface area contributed by atoms with Crippen LogP contribution in [0, 0.1) is 11.3 Å². The zero-order valence-electron chi connectivity index (χ0n) is 11.6. The standard InChI is InChI=1S/C16H14N4S/c1-11(16-18-6-7-21-16)10-19-15-8-12(9-17)13-4-2-3-5-14(13)20-15/h2-8,11H,10H2,1H3,(H,19,20). The van der Waals surface area contributed by atoms with Crippen LogP contribution in [0.25, 0.3) is 10.9 Å². The Morgan fingerprint density at radius 2 is 2.24 bits per heavy atom. The first-order valence-electron chi connectivity index (χ1n) is 6.71. The van der Waals surface area contributed by atoms with Crippen molar-refractivity contribution in [2.45, 2.75) is 12.8 Å². The highest BCUT2D eigenvalue weighted by Gasteiger charge is 2.09. The first-order valence-corrected chi connectivity index (χ1v) is 7.59. The summed E-state index contributed by atoms with van der Waals surface area (Å²) in [7, 11) is 0. The van der Waals surface area contributed by atoms with E-state index < -0.39 is 0 Å². The molecular formula is C16H14N4S. The molecule has 0 aliphatic rings. The molecule has 1 atom stereocenters. The Labute approximate surface area is 127 Å². The molecule has 1 N–H and O–H groups in total. The average molecular weight is 294 g/mol. The van der Waals surface area contributed by atoms with Crippen LogP contribution in [-0.2, 0) is 0 Å². The third kappa shape index (κ3) is 2.86. The number of nitrogens with one attached hydrogen (secondary N) is 1. The van der Waals surface area contributed by atoms with Gasteiger partial charge in [-0.3, -0.25) is 0 Å². The summed E-state index contributed by atoms with van der Waals surface area (Å²) >= 11 is 1.65. The van der Waals surface area contributed by atoms with E-state index in [2.05, 4.69) is 28.3 Å². The number of hydrogen-bond acceptors (Lipinski definition) is 5. The quantitative estimate of drug-likeness (QED) is 0.795. The molecule has 0 saturated carbocycles. The summed E-state index contributed by atoms with van der Waals surface area (Å²) in [5.74, 6) is 1.04. The van der Waals surface area contributed by atoms with Gasteiger partial charge < -0.3 is 5.32 Å². The van der Waals surface area contributed by atoms with Crippen LogP contribution in [0.2, 0.25) is 0 Å². The Morgan fingerprint density at radius 1 is 1.38 bits per heavy atom. The number of pyridine rings is 1. The zero-order valence-corrected chi connectivity index (χ0v) is 12.4. The number of fused-ring (bicyclic) bond motifs is 1. The maximum absolute atomic E-state index is 9.27. The molecule has 2 aromatic heterocycles. The van der Waals surface area contributed by atoms with Gasteiger partial charge >= 0.3 is 0 Å². The van der Waals surface area contributed by atoms with Crippen molar-refractivity contribution in [1.29, 1.82) is 5.26 Å². The minimum Gasteiger partial charge on any atom is -0.369 e. The molecule has 1 aromatic carbocycles. The van der Waals surface area contributed by atoms with Crippen LogP contribution < -0.4 is 5.32 Å². The number of rotatable bonds is 4. The van der Waals surface area contributed by atoms with Gasteiger partial charge in [0, 0.05) is 29.4 Å². The van der Waals surface area contributed by atoms with Gasteiger partial charge in [0.05, 0.1) is 22.2 Å². The van der Waals surface area contributed by atoms with Crippen molar-refractivity contribution in [3.05, 3.63) is 52.5 Å². The molecule has 0 spiro atoms. The first-order chi connectivity index (χ1) is 10.3. The maximum atomic E-state index is 9.27. The molecular weight excluding hydrogens is 280 g/mol. The van der Waals surface area contributed by atoms with Crippen molar-refractivity contribution in [3.8, 4) is 6.07 Å². The molecule has 3 aromatic rings. The highest BCUT2D eigenvalue weighted by molar-refractivity contribution is 7.09. The zero-order chi connectivity index (χ0) is 14.7. The SMILES string of the molecule is CC(CNc1cc(C#N)c2ccccc2n1)c1nccs1. The summed E-state index contributed by atoms with van der Waals surface area (Å²) in [6.07, 6.45) is 1.82. The number of aromatic nitrogens is 2. The Morgan fingerprint density at radius 3 is 3.00 bits per heavy atom. The van der Waals surface area contributed by atoms with E-state index in [9.17, 15) is 5.26 Å². The fraction of sp³-hybridized carbons (Fsp3) is 0.188. The lowest BCUT2D eigenvalue weighted by molar-refractivity contribution is 0.792. The van der Waals surface area contributed by atoms with Gasteiger partial charge in [-0.05, 0) is 12.1 Å². The van der Waals surface area contributed by atoms with Crippen LogP contribution in [0.5, 0.6) is 0 Å². The van der Waals surface area contributed by atoms with Crippen molar-refractivity contribution in [3.63, 3.8) is 0 Å². The van der Waals surface area contributed by atoms with Gasteiger partial charge in [-0.1, -0.05) is 25.1 Å². The molecule has 5 heteroatoms. The van der Waals surface area contributed by atoms with Crippen LogP contribution in [0.1, 0.15) is 23.4 Å². The molecule has 0 aliphatic heterocycles. The van der Waals surface area contributed by atoms with Gasteiger partial charge in [0.15, 0.2) is 0 Å². The van der Waals surface area contributed by atoms with Crippen LogP contribution >= 0.6 is 11.3 Å². The number of anilines is 1. The number of benzene rings is 1. The molecule has 104 valence electrons. The number of nitriles is 1. The summed E-state index contributed by atoms with van der Waals surface area (Å²) in [4.78, 5) is 8.88. The van der Waals surface area contributed by atoms with Crippen molar-refractivity contribution >= 4 is 28.1 Å². The largest absolute Gasteiger partial charge is 0.369 e. The fourth-order valence-electron chi connectivity index (χ4n) is 2.18.